The quantitative estimate of drug-likeness (QED) is 0.941. The van der Waals surface area contributed by atoms with Crippen LogP contribution >= 0.6 is 0 Å². The van der Waals surface area contributed by atoms with Crippen molar-refractivity contribution in [3.8, 4) is 0 Å². The summed E-state index contributed by atoms with van der Waals surface area (Å²) in [4.78, 5) is 4.47. The van der Waals surface area contributed by atoms with Crippen LogP contribution in [0.15, 0.2) is 42.5 Å². The highest BCUT2D eigenvalue weighted by Gasteiger charge is 2.20. The molecule has 2 aromatic rings. The molecule has 1 aliphatic heterocycles. The van der Waals surface area contributed by atoms with E-state index >= 15 is 0 Å². The third-order valence-corrected chi connectivity index (χ3v) is 4.05. The van der Waals surface area contributed by atoms with E-state index in [2.05, 4.69) is 29.0 Å². The Hall–Kier alpha value is -2.07. The maximum Gasteiger partial charge on any atom is 0.128 e. The molecule has 1 heterocycles. The van der Waals surface area contributed by atoms with Gasteiger partial charge < -0.3 is 15.5 Å². The van der Waals surface area contributed by atoms with Crippen molar-refractivity contribution in [2.75, 3.05) is 29.9 Å². The third kappa shape index (κ3) is 2.72. The topological polar surface area (TPSA) is 32.5 Å². The Kier molecular flexibility index (Phi) is 3.80. The van der Waals surface area contributed by atoms with Crippen LogP contribution in [0.1, 0.15) is 11.1 Å². The van der Waals surface area contributed by atoms with E-state index in [-0.39, 0.29) is 5.82 Å². The van der Waals surface area contributed by atoms with Crippen LogP contribution in [-0.4, -0.2) is 20.1 Å². The van der Waals surface area contributed by atoms with Crippen LogP contribution in [0.25, 0.3) is 0 Å². The summed E-state index contributed by atoms with van der Waals surface area (Å²) in [5.41, 5.74) is 9.45. The predicted octanol–water partition coefficient (Wildman–Crippen LogP) is 2.74. The minimum absolute atomic E-state index is 0.172. The normalized spacial score (nSPS) is 14.2. The van der Waals surface area contributed by atoms with Crippen LogP contribution < -0.4 is 15.5 Å². The lowest BCUT2D eigenvalue weighted by molar-refractivity contribution is 0.599. The zero-order valence-corrected chi connectivity index (χ0v) is 12.2. The molecule has 0 bridgehead atoms. The van der Waals surface area contributed by atoms with E-state index in [4.69, 9.17) is 5.73 Å². The van der Waals surface area contributed by atoms with Crippen molar-refractivity contribution in [1.29, 1.82) is 0 Å². The smallest absolute Gasteiger partial charge is 0.128 e. The summed E-state index contributed by atoms with van der Waals surface area (Å²) in [7, 11) is 2.09. The standard InChI is InChI=1S/C17H20FN3/c1-20-8-9-21(17-5-3-2-4-16(17)20)12-14-7-6-13(11-19)10-15(14)18/h2-7,10H,8-9,11-12,19H2,1H3. The number of para-hydroxylation sites is 2. The average molecular weight is 285 g/mol. The molecule has 0 atom stereocenters. The van der Waals surface area contributed by atoms with E-state index < -0.39 is 0 Å². The van der Waals surface area contributed by atoms with Gasteiger partial charge in [0, 0.05) is 38.8 Å². The minimum Gasteiger partial charge on any atom is -0.371 e. The molecular weight excluding hydrogens is 265 g/mol. The first kappa shape index (κ1) is 13.9. The van der Waals surface area contributed by atoms with Gasteiger partial charge >= 0.3 is 0 Å². The van der Waals surface area contributed by atoms with Crippen LogP contribution in [-0.2, 0) is 13.1 Å². The number of hydrogen-bond acceptors (Lipinski definition) is 3. The molecule has 0 unspecified atom stereocenters. The number of anilines is 2. The van der Waals surface area contributed by atoms with E-state index in [1.165, 1.54) is 11.8 Å². The van der Waals surface area contributed by atoms with Gasteiger partial charge in [0.1, 0.15) is 5.82 Å². The Labute approximate surface area is 124 Å². The molecule has 0 radical (unpaired) electrons. The van der Waals surface area contributed by atoms with Crippen LogP contribution in [0, 0.1) is 5.82 Å². The maximum absolute atomic E-state index is 14.2. The predicted molar refractivity (Wildman–Crippen MR) is 85.1 cm³/mol. The summed E-state index contributed by atoms with van der Waals surface area (Å²) in [6.07, 6.45) is 0. The number of likely N-dealkylation sites (N-methyl/N-ethyl adjacent to an activating group) is 1. The second-order valence-corrected chi connectivity index (χ2v) is 5.46. The van der Waals surface area contributed by atoms with Crippen LogP contribution in [0.3, 0.4) is 0 Å². The third-order valence-electron chi connectivity index (χ3n) is 4.05. The summed E-state index contributed by atoms with van der Waals surface area (Å²) < 4.78 is 14.2. The Morgan fingerprint density at radius 3 is 2.57 bits per heavy atom. The molecule has 1 aliphatic rings. The molecule has 21 heavy (non-hydrogen) atoms. The number of fused-ring (bicyclic) bond motifs is 1. The second-order valence-electron chi connectivity index (χ2n) is 5.46. The number of halogens is 1. The van der Waals surface area contributed by atoms with E-state index in [1.54, 1.807) is 0 Å². The summed E-state index contributed by atoms with van der Waals surface area (Å²) in [5.74, 6) is -0.172. The second kappa shape index (κ2) is 5.74. The lowest BCUT2D eigenvalue weighted by Gasteiger charge is -2.37. The Balaban J connectivity index is 1.88. The summed E-state index contributed by atoms with van der Waals surface area (Å²) in [6, 6.07) is 13.6. The van der Waals surface area contributed by atoms with Gasteiger partial charge in [0.25, 0.3) is 0 Å². The van der Waals surface area contributed by atoms with Crippen LogP contribution in [0.5, 0.6) is 0 Å². The van der Waals surface area contributed by atoms with Crippen molar-refractivity contribution in [3.63, 3.8) is 0 Å². The highest BCUT2D eigenvalue weighted by atomic mass is 19.1. The fourth-order valence-corrected chi connectivity index (χ4v) is 2.78. The van der Waals surface area contributed by atoms with Gasteiger partial charge in [-0.2, -0.15) is 0 Å². The monoisotopic (exact) mass is 285 g/mol. The van der Waals surface area contributed by atoms with Gasteiger partial charge in [0.05, 0.1) is 11.4 Å². The largest absolute Gasteiger partial charge is 0.371 e. The van der Waals surface area contributed by atoms with Gasteiger partial charge in [-0.05, 0) is 23.8 Å². The minimum atomic E-state index is -0.172. The molecule has 3 nitrogen and oxygen atoms in total. The molecule has 4 heteroatoms. The Morgan fingerprint density at radius 1 is 1.10 bits per heavy atom. The Morgan fingerprint density at radius 2 is 1.86 bits per heavy atom. The lowest BCUT2D eigenvalue weighted by atomic mass is 10.1. The molecule has 0 aromatic heterocycles. The molecule has 0 spiro atoms. The molecule has 0 saturated heterocycles. The van der Waals surface area contributed by atoms with Crippen molar-refractivity contribution in [2.45, 2.75) is 13.1 Å². The van der Waals surface area contributed by atoms with Crippen molar-refractivity contribution in [1.82, 2.24) is 0 Å². The zero-order chi connectivity index (χ0) is 14.8. The average Bonchev–Trinajstić information content (AvgIpc) is 2.52. The van der Waals surface area contributed by atoms with Crippen molar-refractivity contribution in [3.05, 3.63) is 59.4 Å². The van der Waals surface area contributed by atoms with Gasteiger partial charge in [-0.3, -0.25) is 0 Å². The first-order valence-corrected chi connectivity index (χ1v) is 7.21. The van der Waals surface area contributed by atoms with Crippen molar-refractivity contribution in [2.24, 2.45) is 5.73 Å². The molecule has 0 saturated carbocycles. The van der Waals surface area contributed by atoms with Crippen LogP contribution in [0.4, 0.5) is 15.8 Å². The van der Waals surface area contributed by atoms with Gasteiger partial charge in [-0.25, -0.2) is 4.39 Å². The summed E-state index contributed by atoms with van der Waals surface area (Å²) in [6.45, 7) is 2.79. The number of benzene rings is 2. The molecular formula is C17H20FN3. The van der Waals surface area contributed by atoms with Gasteiger partial charge in [0.2, 0.25) is 0 Å². The maximum atomic E-state index is 14.2. The van der Waals surface area contributed by atoms with Crippen LogP contribution in [0.2, 0.25) is 0 Å². The molecule has 0 fully saturated rings. The number of hydrogen-bond donors (Lipinski definition) is 1. The first-order chi connectivity index (χ1) is 10.2. The van der Waals surface area contributed by atoms with Crippen molar-refractivity contribution >= 4 is 11.4 Å². The molecule has 2 aromatic carbocycles. The summed E-state index contributed by atoms with van der Waals surface area (Å²) in [5, 5.41) is 0. The van der Waals surface area contributed by atoms with E-state index in [1.807, 2.05) is 24.3 Å². The Bertz CT molecular complexity index is 642. The fraction of sp³-hybridized carbons (Fsp3) is 0.294. The first-order valence-electron chi connectivity index (χ1n) is 7.21. The molecule has 0 amide bonds. The highest BCUT2D eigenvalue weighted by Crippen LogP contribution is 2.32. The number of nitrogens with two attached hydrogens (primary N) is 1. The van der Waals surface area contributed by atoms with E-state index in [9.17, 15) is 4.39 Å². The van der Waals surface area contributed by atoms with E-state index in [0.717, 1.165) is 24.3 Å². The van der Waals surface area contributed by atoms with Gasteiger partial charge in [-0.15, -0.1) is 0 Å². The molecule has 110 valence electrons. The molecule has 0 aliphatic carbocycles. The van der Waals surface area contributed by atoms with Gasteiger partial charge in [0.15, 0.2) is 0 Å². The van der Waals surface area contributed by atoms with Crippen molar-refractivity contribution < 1.29 is 4.39 Å². The summed E-state index contributed by atoms with van der Waals surface area (Å²) >= 11 is 0. The lowest BCUT2D eigenvalue weighted by Crippen LogP contribution is -2.38. The number of rotatable bonds is 3. The zero-order valence-electron chi connectivity index (χ0n) is 12.2. The van der Waals surface area contributed by atoms with E-state index in [0.29, 0.717) is 18.7 Å². The highest BCUT2D eigenvalue weighted by molar-refractivity contribution is 5.73. The number of nitrogens with zero attached hydrogens (tertiary/aromatic N) is 2. The molecule has 2 N–H and O–H groups in total. The fourth-order valence-electron chi connectivity index (χ4n) is 2.78. The van der Waals surface area contributed by atoms with Gasteiger partial charge in [-0.1, -0.05) is 24.3 Å². The SMILES string of the molecule is CN1CCN(Cc2ccc(CN)cc2F)c2ccccc21. The molecule has 3 rings (SSSR count).